The highest BCUT2D eigenvalue weighted by Gasteiger charge is 2.08. The molecular formula is C16H17BrN2O2. The number of nitrogens with one attached hydrogen (secondary N) is 1. The zero-order chi connectivity index (χ0) is 15.2. The van der Waals surface area contributed by atoms with Gasteiger partial charge in [-0.05, 0) is 36.8 Å². The maximum atomic E-state index is 11.3. The van der Waals surface area contributed by atoms with Crippen molar-refractivity contribution >= 4 is 21.9 Å². The fourth-order valence-electron chi connectivity index (χ4n) is 1.92. The van der Waals surface area contributed by atoms with Crippen molar-refractivity contribution in [3.8, 4) is 0 Å². The van der Waals surface area contributed by atoms with Gasteiger partial charge in [-0.1, -0.05) is 28.1 Å². The molecule has 2 aromatic rings. The van der Waals surface area contributed by atoms with Crippen LogP contribution < -0.4 is 5.32 Å². The van der Waals surface area contributed by atoms with Gasteiger partial charge in [0.1, 0.15) is 0 Å². The summed E-state index contributed by atoms with van der Waals surface area (Å²) < 4.78 is 5.71. The molecule has 0 bridgehead atoms. The number of carbonyl (C=O) groups excluding carboxylic acids is 1. The van der Waals surface area contributed by atoms with Crippen LogP contribution in [0, 0.1) is 0 Å². The number of esters is 1. The molecule has 0 radical (unpaired) electrons. The molecule has 0 aliphatic carbocycles. The van der Waals surface area contributed by atoms with E-state index in [9.17, 15) is 4.79 Å². The molecule has 1 aromatic carbocycles. The van der Waals surface area contributed by atoms with E-state index in [-0.39, 0.29) is 12.0 Å². The maximum Gasteiger partial charge on any atom is 0.339 e. The third-order valence-electron chi connectivity index (χ3n) is 3.18. The van der Waals surface area contributed by atoms with Gasteiger partial charge in [-0.15, -0.1) is 0 Å². The summed E-state index contributed by atoms with van der Waals surface area (Å²) in [5.41, 5.74) is 2.54. The van der Waals surface area contributed by atoms with E-state index in [1.165, 1.54) is 18.9 Å². The van der Waals surface area contributed by atoms with E-state index < -0.39 is 0 Å². The Balaban J connectivity index is 1.95. The Morgan fingerprint density at radius 2 is 2.19 bits per heavy atom. The highest BCUT2D eigenvalue weighted by Crippen LogP contribution is 2.18. The van der Waals surface area contributed by atoms with Gasteiger partial charge in [0.05, 0.1) is 18.4 Å². The van der Waals surface area contributed by atoms with E-state index in [1.54, 1.807) is 6.07 Å². The van der Waals surface area contributed by atoms with Crippen molar-refractivity contribution < 1.29 is 9.53 Å². The Hall–Kier alpha value is -1.72. The molecule has 0 spiro atoms. The van der Waals surface area contributed by atoms with E-state index in [4.69, 9.17) is 0 Å². The summed E-state index contributed by atoms with van der Waals surface area (Å²) in [6, 6.07) is 11.9. The lowest BCUT2D eigenvalue weighted by Crippen LogP contribution is -2.18. The normalized spacial score (nSPS) is 12.0. The fraction of sp³-hybridized carbons (Fsp3) is 0.250. The van der Waals surface area contributed by atoms with Crippen molar-refractivity contribution in [2.24, 2.45) is 0 Å². The van der Waals surface area contributed by atoms with Gasteiger partial charge >= 0.3 is 5.97 Å². The minimum absolute atomic E-state index is 0.213. The lowest BCUT2D eigenvalue weighted by atomic mass is 10.1. The second-order valence-electron chi connectivity index (χ2n) is 4.69. The van der Waals surface area contributed by atoms with E-state index >= 15 is 0 Å². The molecule has 0 saturated carbocycles. The largest absolute Gasteiger partial charge is 0.465 e. The molecule has 0 fully saturated rings. The summed E-state index contributed by atoms with van der Waals surface area (Å²) in [5.74, 6) is -0.371. The summed E-state index contributed by atoms with van der Waals surface area (Å²) >= 11 is 3.47. The molecule has 1 N–H and O–H groups in total. The average molecular weight is 349 g/mol. The number of hydrogen-bond donors (Lipinski definition) is 1. The number of halogens is 1. The topological polar surface area (TPSA) is 51.2 Å². The molecule has 0 saturated heterocycles. The highest BCUT2D eigenvalue weighted by atomic mass is 79.9. The SMILES string of the molecule is COC(=O)c1ccc(CN[C@@H](C)c2cccc(Br)c2)nc1. The lowest BCUT2D eigenvalue weighted by Gasteiger charge is -2.14. The first-order chi connectivity index (χ1) is 10.1. The predicted molar refractivity (Wildman–Crippen MR) is 85.0 cm³/mol. The van der Waals surface area contributed by atoms with E-state index in [0.29, 0.717) is 12.1 Å². The average Bonchev–Trinajstić information content (AvgIpc) is 2.52. The molecule has 0 unspecified atom stereocenters. The summed E-state index contributed by atoms with van der Waals surface area (Å²) in [5, 5.41) is 3.41. The Bertz CT molecular complexity index is 614. The molecule has 5 heteroatoms. The fourth-order valence-corrected chi connectivity index (χ4v) is 2.34. The van der Waals surface area contributed by atoms with Gasteiger partial charge < -0.3 is 10.1 Å². The molecular weight excluding hydrogens is 332 g/mol. The Morgan fingerprint density at radius 3 is 2.81 bits per heavy atom. The summed E-state index contributed by atoms with van der Waals surface area (Å²) in [6.07, 6.45) is 1.53. The molecule has 0 aliphatic rings. The molecule has 1 heterocycles. The van der Waals surface area contributed by atoms with Gasteiger partial charge in [-0.3, -0.25) is 4.98 Å². The predicted octanol–water partition coefficient (Wildman–Crippen LogP) is 3.48. The second kappa shape index (κ2) is 7.33. The zero-order valence-corrected chi connectivity index (χ0v) is 13.6. The molecule has 2 rings (SSSR count). The van der Waals surface area contributed by atoms with Crippen LogP contribution in [0.15, 0.2) is 47.1 Å². The number of hydrogen-bond acceptors (Lipinski definition) is 4. The van der Waals surface area contributed by atoms with Crippen molar-refractivity contribution in [1.29, 1.82) is 0 Å². The first-order valence-corrected chi connectivity index (χ1v) is 7.41. The molecule has 21 heavy (non-hydrogen) atoms. The van der Waals surface area contributed by atoms with Gasteiger partial charge in [0.2, 0.25) is 0 Å². The van der Waals surface area contributed by atoms with Crippen LogP contribution in [0.3, 0.4) is 0 Å². The minimum Gasteiger partial charge on any atom is -0.465 e. The quantitative estimate of drug-likeness (QED) is 0.840. The monoisotopic (exact) mass is 348 g/mol. The standard InChI is InChI=1S/C16H17BrN2O2/c1-11(12-4-3-5-14(17)8-12)18-10-15-7-6-13(9-19-15)16(20)21-2/h3-9,11,18H,10H2,1-2H3/t11-/m0/s1. The van der Waals surface area contributed by atoms with E-state index in [0.717, 1.165) is 10.2 Å². The van der Waals surface area contributed by atoms with Crippen LogP contribution in [0.25, 0.3) is 0 Å². The van der Waals surface area contributed by atoms with Crippen LogP contribution in [0.5, 0.6) is 0 Å². The van der Waals surface area contributed by atoms with Gasteiger partial charge in [0, 0.05) is 23.3 Å². The van der Waals surface area contributed by atoms with Gasteiger partial charge in [-0.2, -0.15) is 0 Å². The van der Waals surface area contributed by atoms with Crippen LogP contribution in [-0.4, -0.2) is 18.1 Å². The first kappa shape index (κ1) is 15.7. The zero-order valence-electron chi connectivity index (χ0n) is 12.0. The Morgan fingerprint density at radius 1 is 1.38 bits per heavy atom. The summed E-state index contributed by atoms with van der Waals surface area (Å²) in [4.78, 5) is 15.6. The van der Waals surface area contributed by atoms with Crippen molar-refractivity contribution in [3.05, 3.63) is 63.9 Å². The maximum absolute atomic E-state index is 11.3. The number of aromatic nitrogens is 1. The van der Waals surface area contributed by atoms with Crippen molar-refractivity contribution in [3.63, 3.8) is 0 Å². The highest BCUT2D eigenvalue weighted by molar-refractivity contribution is 9.10. The van der Waals surface area contributed by atoms with Crippen molar-refractivity contribution in [2.45, 2.75) is 19.5 Å². The molecule has 1 aromatic heterocycles. The van der Waals surface area contributed by atoms with Crippen molar-refractivity contribution in [2.75, 3.05) is 7.11 Å². The summed E-state index contributed by atoms with van der Waals surface area (Å²) in [7, 11) is 1.36. The Kier molecular flexibility index (Phi) is 5.47. The smallest absolute Gasteiger partial charge is 0.339 e. The number of ether oxygens (including phenoxy) is 1. The molecule has 1 atom stereocenters. The van der Waals surface area contributed by atoms with Crippen LogP contribution in [0.2, 0.25) is 0 Å². The third kappa shape index (κ3) is 4.37. The molecule has 0 aliphatic heterocycles. The molecule has 4 nitrogen and oxygen atoms in total. The van der Waals surface area contributed by atoms with Crippen LogP contribution in [0.1, 0.15) is 34.6 Å². The molecule has 0 amide bonds. The third-order valence-corrected chi connectivity index (χ3v) is 3.68. The van der Waals surface area contributed by atoms with Gasteiger partial charge in [0.25, 0.3) is 0 Å². The number of nitrogens with zero attached hydrogens (tertiary/aromatic N) is 1. The second-order valence-corrected chi connectivity index (χ2v) is 5.60. The number of pyridine rings is 1. The van der Waals surface area contributed by atoms with Crippen LogP contribution >= 0.6 is 15.9 Å². The van der Waals surface area contributed by atoms with Gasteiger partial charge in [-0.25, -0.2) is 4.79 Å². The number of carbonyl (C=O) groups is 1. The first-order valence-electron chi connectivity index (χ1n) is 6.62. The number of rotatable bonds is 5. The lowest BCUT2D eigenvalue weighted by molar-refractivity contribution is 0.0600. The molecule has 110 valence electrons. The van der Waals surface area contributed by atoms with E-state index in [2.05, 4.69) is 50.0 Å². The Labute approximate surface area is 132 Å². The van der Waals surface area contributed by atoms with Gasteiger partial charge in [0.15, 0.2) is 0 Å². The van der Waals surface area contributed by atoms with Crippen LogP contribution in [0.4, 0.5) is 0 Å². The number of methoxy groups -OCH3 is 1. The van der Waals surface area contributed by atoms with E-state index in [1.807, 2.05) is 18.2 Å². The van der Waals surface area contributed by atoms with Crippen LogP contribution in [-0.2, 0) is 11.3 Å². The van der Waals surface area contributed by atoms with Crippen molar-refractivity contribution in [1.82, 2.24) is 10.3 Å². The number of benzene rings is 1. The summed E-state index contributed by atoms with van der Waals surface area (Å²) in [6.45, 7) is 2.74. The minimum atomic E-state index is -0.371.